The van der Waals surface area contributed by atoms with E-state index in [9.17, 15) is 4.79 Å². The zero-order valence-electron chi connectivity index (χ0n) is 9.83. The summed E-state index contributed by atoms with van der Waals surface area (Å²) in [6.45, 7) is 1.52. The second kappa shape index (κ2) is 6.53. The summed E-state index contributed by atoms with van der Waals surface area (Å²) in [5.74, 6) is -0.550. The third-order valence-corrected chi connectivity index (χ3v) is 3.00. The lowest BCUT2D eigenvalue weighted by Crippen LogP contribution is -2.31. The predicted molar refractivity (Wildman–Crippen MR) is 79.0 cm³/mol. The van der Waals surface area contributed by atoms with Crippen molar-refractivity contribution in [2.24, 2.45) is 5.73 Å². The first kappa shape index (κ1) is 15.4. The van der Waals surface area contributed by atoms with Crippen molar-refractivity contribution < 1.29 is 4.79 Å². The van der Waals surface area contributed by atoms with E-state index in [0.29, 0.717) is 5.02 Å². The summed E-state index contributed by atoms with van der Waals surface area (Å²) in [4.78, 5) is 11.9. The molecule has 0 saturated carbocycles. The Morgan fingerprint density at radius 1 is 1.47 bits per heavy atom. The molecule has 0 aliphatic heterocycles. The minimum absolute atomic E-state index is 0.0431. The van der Waals surface area contributed by atoms with Crippen molar-refractivity contribution in [1.82, 2.24) is 5.32 Å². The molecule has 1 aromatic carbocycles. The maximum atomic E-state index is 12.0. The van der Waals surface area contributed by atoms with Crippen LogP contribution in [0.15, 0.2) is 29.5 Å². The van der Waals surface area contributed by atoms with Gasteiger partial charge in [0.05, 0.1) is 10.6 Å². The molecular formula is C12H9Cl2N3OS. The third kappa shape index (κ3) is 3.93. The van der Waals surface area contributed by atoms with Crippen LogP contribution in [0, 0.1) is 11.3 Å². The summed E-state index contributed by atoms with van der Waals surface area (Å²) in [5, 5.41) is 11.9. The minimum Gasteiger partial charge on any atom is -0.401 e. The minimum atomic E-state index is -0.550. The van der Waals surface area contributed by atoms with Gasteiger partial charge in [0.1, 0.15) is 16.6 Å². The van der Waals surface area contributed by atoms with Gasteiger partial charge < -0.3 is 11.1 Å². The van der Waals surface area contributed by atoms with Crippen molar-refractivity contribution in [3.8, 4) is 6.07 Å². The average Bonchev–Trinajstić information content (AvgIpc) is 2.32. The zero-order valence-corrected chi connectivity index (χ0v) is 12.2. The molecule has 19 heavy (non-hydrogen) atoms. The van der Waals surface area contributed by atoms with Gasteiger partial charge in [-0.2, -0.15) is 5.26 Å². The number of allylic oxidation sites excluding steroid dienone is 1. The summed E-state index contributed by atoms with van der Waals surface area (Å²) >= 11 is 16.6. The first-order valence-electron chi connectivity index (χ1n) is 5.04. The number of hydrogen-bond donors (Lipinski definition) is 2. The summed E-state index contributed by atoms with van der Waals surface area (Å²) in [5.41, 5.74) is 5.93. The Bertz CT molecular complexity index is 616. The van der Waals surface area contributed by atoms with Gasteiger partial charge >= 0.3 is 0 Å². The fourth-order valence-electron chi connectivity index (χ4n) is 1.22. The largest absolute Gasteiger partial charge is 0.401 e. The second-order valence-corrected chi connectivity index (χ2v) is 4.83. The number of nitriles is 1. The number of benzene rings is 1. The summed E-state index contributed by atoms with van der Waals surface area (Å²) < 4.78 is 0. The fraction of sp³-hybridized carbons (Fsp3) is 0.0833. The number of thiocarbonyl (C=S) groups is 1. The molecule has 0 aliphatic rings. The predicted octanol–water partition coefficient (Wildman–Crippen LogP) is 2.81. The van der Waals surface area contributed by atoms with E-state index >= 15 is 0 Å². The van der Waals surface area contributed by atoms with Crippen LogP contribution in [0.2, 0.25) is 10.0 Å². The number of amides is 1. The average molecular weight is 314 g/mol. The molecule has 98 valence electrons. The van der Waals surface area contributed by atoms with Crippen LogP contribution in [0.5, 0.6) is 0 Å². The molecule has 1 amide bonds. The van der Waals surface area contributed by atoms with Crippen molar-refractivity contribution in [2.45, 2.75) is 6.92 Å². The van der Waals surface area contributed by atoms with Crippen LogP contribution in [-0.2, 0) is 0 Å². The highest BCUT2D eigenvalue weighted by Crippen LogP contribution is 2.20. The van der Waals surface area contributed by atoms with E-state index in [-0.39, 0.29) is 26.8 Å². The topological polar surface area (TPSA) is 78.9 Å². The van der Waals surface area contributed by atoms with Crippen LogP contribution in [0.4, 0.5) is 0 Å². The zero-order chi connectivity index (χ0) is 14.6. The van der Waals surface area contributed by atoms with Crippen molar-refractivity contribution in [3.05, 3.63) is 45.1 Å². The fourth-order valence-corrected chi connectivity index (χ4v) is 1.90. The van der Waals surface area contributed by atoms with Gasteiger partial charge in [0.25, 0.3) is 5.91 Å². The molecule has 0 heterocycles. The van der Waals surface area contributed by atoms with Gasteiger partial charge in [-0.15, -0.1) is 0 Å². The lowest BCUT2D eigenvalue weighted by atomic mass is 10.2. The Morgan fingerprint density at radius 3 is 2.63 bits per heavy atom. The van der Waals surface area contributed by atoms with Gasteiger partial charge in [0.2, 0.25) is 0 Å². The van der Waals surface area contributed by atoms with Crippen molar-refractivity contribution in [2.75, 3.05) is 0 Å². The molecule has 0 saturated heterocycles. The van der Waals surface area contributed by atoms with Crippen LogP contribution in [0.25, 0.3) is 0 Å². The van der Waals surface area contributed by atoms with Gasteiger partial charge in [0, 0.05) is 10.7 Å². The number of nitrogens with two attached hydrogens (primary N) is 1. The molecule has 1 aromatic rings. The molecule has 0 fully saturated rings. The Morgan fingerprint density at radius 2 is 2.11 bits per heavy atom. The Kier molecular flexibility index (Phi) is 5.31. The highest BCUT2D eigenvalue weighted by Gasteiger charge is 2.15. The number of carbonyl (C=O) groups is 1. The molecule has 0 aromatic heterocycles. The van der Waals surface area contributed by atoms with E-state index in [1.54, 1.807) is 6.07 Å². The molecule has 0 bridgehead atoms. The van der Waals surface area contributed by atoms with Crippen molar-refractivity contribution in [3.63, 3.8) is 0 Å². The van der Waals surface area contributed by atoms with E-state index in [1.807, 2.05) is 6.07 Å². The van der Waals surface area contributed by atoms with Crippen molar-refractivity contribution >= 4 is 46.3 Å². The highest BCUT2D eigenvalue weighted by atomic mass is 35.5. The Balaban J connectivity index is 2.99. The van der Waals surface area contributed by atoms with E-state index in [0.717, 1.165) is 0 Å². The molecule has 7 heteroatoms. The number of hydrogen-bond acceptors (Lipinski definition) is 4. The number of carbonyl (C=O) groups excluding carboxylic acids is 1. The molecule has 3 N–H and O–H groups in total. The van der Waals surface area contributed by atoms with Crippen LogP contribution in [0.1, 0.15) is 17.3 Å². The van der Waals surface area contributed by atoms with Crippen LogP contribution in [-0.4, -0.2) is 10.9 Å². The number of rotatable bonds is 2. The smallest absolute Gasteiger partial charge is 0.257 e. The number of nitrogens with zero attached hydrogens (tertiary/aromatic N) is 1. The van der Waals surface area contributed by atoms with Crippen LogP contribution in [0.3, 0.4) is 0 Å². The second-order valence-electron chi connectivity index (χ2n) is 3.58. The number of nitrogens with one attached hydrogen (secondary N) is 1. The van der Waals surface area contributed by atoms with Crippen LogP contribution < -0.4 is 11.1 Å². The van der Waals surface area contributed by atoms with E-state index in [1.165, 1.54) is 19.1 Å². The summed E-state index contributed by atoms with van der Waals surface area (Å²) in [7, 11) is 0. The van der Waals surface area contributed by atoms with E-state index in [4.69, 9.17) is 46.4 Å². The molecular weight excluding hydrogens is 305 g/mol. The molecule has 0 atom stereocenters. The molecule has 0 radical (unpaired) electrons. The van der Waals surface area contributed by atoms with Gasteiger partial charge in [-0.05, 0) is 25.1 Å². The molecule has 4 nitrogen and oxygen atoms in total. The van der Waals surface area contributed by atoms with Gasteiger partial charge in [-0.25, -0.2) is 0 Å². The molecule has 0 spiro atoms. The maximum absolute atomic E-state index is 12.0. The Labute approximate surface area is 125 Å². The van der Waals surface area contributed by atoms with Crippen molar-refractivity contribution in [1.29, 1.82) is 5.26 Å². The normalized spacial score (nSPS) is 11.3. The maximum Gasteiger partial charge on any atom is 0.257 e. The van der Waals surface area contributed by atoms with Gasteiger partial charge in [-0.3, -0.25) is 4.79 Å². The standard InChI is InChI=1S/C12H9Cl2N3OS/c1-6(16)9(5-15)12(19)17-11(18)8-4-7(13)2-3-10(8)14/h2-4H,16H2,1H3,(H,17,18,19)/b9-6+. The van der Waals surface area contributed by atoms with Gasteiger partial charge in [-0.1, -0.05) is 35.4 Å². The lowest BCUT2D eigenvalue weighted by molar-refractivity contribution is 0.0978. The monoisotopic (exact) mass is 313 g/mol. The first-order chi connectivity index (χ1) is 8.86. The SMILES string of the molecule is C/C(N)=C(/C#N)C(=S)NC(=O)c1cc(Cl)ccc1Cl. The molecule has 0 unspecified atom stereocenters. The lowest BCUT2D eigenvalue weighted by Gasteiger charge is -2.08. The molecule has 1 rings (SSSR count). The number of halogens is 2. The first-order valence-corrected chi connectivity index (χ1v) is 6.20. The van der Waals surface area contributed by atoms with E-state index in [2.05, 4.69) is 5.32 Å². The van der Waals surface area contributed by atoms with Gasteiger partial charge in [0.15, 0.2) is 0 Å². The quantitative estimate of drug-likeness (QED) is 0.500. The van der Waals surface area contributed by atoms with Crippen LogP contribution >= 0.6 is 35.4 Å². The summed E-state index contributed by atoms with van der Waals surface area (Å²) in [6.07, 6.45) is 0. The van der Waals surface area contributed by atoms with E-state index < -0.39 is 5.91 Å². The third-order valence-electron chi connectivity index (χ3n) is 2.13. The molecule has 0 aliphatic carbocycles. The Hall–Kier alpha value is -1.61. The highest BCUT2D eigenvalue weighted by molar-refractivity contribution is 7.80. The summed E-state index contributed by atoms with van der Waals surface area (Å²) in [6, 6.07) is 6.29.